The van der Waals surface area contributed by atoms with Crippen molar-refractivity contribution in [1.82, 2.24) is 14.6 Å². The Morgan fingerprint density at radius 1 is 1.04 bits per heavy atom. The van der Waals surface area contributed by atoms with Gasteiger partial charge in [0.2, 0.25) is 0 Å². The third kappa shape index (κ3) is 2.65. The molecule has 0 bridgehead atoms. The fraction of sp³-hybridized carbons (Fsp3) is 0.100. The van der Waals surface area contributed by atoms with Crippen molar-refractivity contribution in [2.45, 2.75) is 6.92 Å². The van der Waals surface area contributed by atoms with Gasteiger partial charge >= 0.3 is 0 Å². The maximum absolute atomic E-state index is 6.17. The molecule has 0 fully saturated rings. The van der Waals surface area contributed by atoms with Crippen LogP contribution < -0.4 is 4.74 Å². The number of aryl methyl sites for hydroxylation is 1. The Hall–Kier alpha value is -2.85. The molecule has 0 spiro atoms. The van der Waals surface area contributed by atoms with Crippen molar-refractivity contribution >= 4 is 17.2 Å². The monoisotopic (exact) mass is 349 g/mol. The second kappa shape index (κ2) is 6.22. The lowest BCUT2D eigenvalue weighted by atomic mass is 10.1. The largest absolute Gasteiger partial charge is 0.496 e. The second-order valence-corrected chi connectivity index (χ2v) is 6.17. The number of para-hydroxylation sites is 1. The number of fused-ring (bicyclic) bond motifs is 1. The molecule has 0 aliphatic heterocycles. The van der Waals surface area contributed by atoms with Gasteiger partial charge in [-0.3, -0.25) is 0 Å². The minimum atomic E-state index is 0.692. The normalized spacial score (nSPS) is 11.0. The van der Waals surface area contributed by atoms with E-state index in [4.69, 9.17) is 21.4 Å². The molecule has 5 heteroatoms. The first-order chi connectivity index (χ1) is 12.2. The van der Waals surface area contributed by atoms with E-state index >= 15 is 0 Å². The Balaban J connectivity index is 2.00. The Morgan fingerprint density at radius 2 is 1.88 bits per heavy atom. The average molecular weight is 350 g/mol. The molecule has 2 aromatic carbocycles. The molecule has 4 rings (SSSR count). The molecule has 0 unspecified atom stereocenters. The summed E-state index contributed by atoms with van der Waals surface area (Å²) in [5.74, 6) is 0.799. The van der Waals surface area contributed by atoms with E-state index in [-0.39, 0.29) is 0 Å². The summed E-state index contributed by atoms with van der Waals surface area (Å²) in [6.07, 6.45) is 1.80. The van der Waals surface area contributed by atoms with E-state index in [1.807, 2.05) is 66.0 Å². The standard InChI is InChI=1S/C20H16ClN3O/c1-13-19(14-6-5-7-15(21)12-14)20-22-11-10-17(24(20)23-13)16-8-3-4-9-18(16)25-2/h3-12H,1-2H3. The molecule has 0 atom stereocenters. The Kier molecular flexibility index (Phi) is 3.90. The second-order valence-electron chi connectivity index (χ2n) is 5.74. The first kappa shape index (κ1) is 15.7. The van der Waals surface area contributed by atoms with Gasteiger partial charge in [0.05, 0.1) is 18.5 Å². The molecule has 0 N–H and O–H groups in total. The molecule has 0 aliphatic rings. The van der Waals surface area contributed by atoms with Crippen LogP contribution in [0, 0.1) is 6.92 Å². The predicted molar refractivity (Wildman–Crippen MR) is 100 cm³/mol. The van der Waals surface area contributed by atoms with Gasteiger partial charge in [0.15, 0.2) is 5.65 Å². The van der Waals surface area contributed by atoms with Crippen molar-refractivity contribution in [3.8, 4) is 28.1 Å². The van der Waals surface area contributed by atoms with Crippen LogP contribution in [0.2, 0.25) is 5.02 Å². The van der Waals surface area contributed by atoms with Crippen LogP contribution in [-0.4, -0.2) is 21.7 Å². The molecule has 2 heterocycles. The van der Waals surface area contributed by atoms with Gasteiger partial charge in [-0.1, -0.05) is 35.9 Å². The van der Waals surface area contributed by atoms with E-state index in [0.717, 1.165) is 39.5 Å². The van der Waals surface area contributed by atoms with Crippen LogP contribution >= 0.6 is 11.6 Å². The molecule has 4 aromatic rings. The number of rotatable bonds is 3. The van der Waals surface area contributed by atoms with E-state index in [2.05, 4.69) is 4.98 Å². The van der Waals surface area contributed by atoms with Crippen molar-refractivity contribution in [2.24, 2.45) is 0 Å². The van der Waals surface area contributed by atoms with Gasteiger partial charge in [0.25, 0.3) is 0 Å². The molecule has 0 saturated heterocycles. The molecule has 0 aliphatic carbocycles. The minimum Gasteiger partial charge on any atom is -0.496 e. The van der Waals surface area contributed by atoms with Gasteiger partial charge in [-0.2, -0.15) is 5.10 Å². The van der Waals surface area contributed by atoms with Gasteiger partial charge in [0.1, 0.15) is 5.75 Å². The fourth-order valence-electron chi connectivity index (χ4n) is 3.09. The Bertz CT molecular complexity index is 1070. The number of halogens is 1. The molecule has 0 radical (unpaired) electrons. The number of ether oxygens (including phenoxy) is 1. The van der Waals surface area contributed by atoms with Gasteiger partial charge in [-0.15, -0.1) is 0 Å². The smallest absolute Gasteiger partial charge is 0.163 e. The third-order valence-electron chi connectivity index (χ3n) is 4.19. The first-order valence-electron chi connectivity index (χ1n) is 7.92. The van der Waals surface area contributed by atoms with Crippen LogP contribution in [0.3, 0.4) is 0 Å². The molecule has 0 saturated carbocycles. The van der Waals surface area contributed by atoms with Crippen molar-refractivity contribution in [3.63, 3.8) is 0 Å². The van der Waals surface area contributed by atoms with Crippen molar-refractivity contribution in [2.75, 3.05) is 7.11 Å². The lowest BCUT2D eigenvalue weighted by Gasteiger charge is -2.09. The summed E-state index contributed by atoms with van der Waals surface area (Å²) in [5, 5.41) is 5.42. The number of methoxy groups -OCH3 is 1. The number of hydrogen-bond donors (Lipinski definition) is 0. The number of hydrogen-bond acceptors (Lipinski definition) is 3. The highest BCUT2D eigenvalue weighted by atomic mass is 35.5. The molecule has 4 nitrogen and oxygen atoms in total. The van der Waals surface area contributed by atoms with Crippen molar-refractivity contribution < 1.29 is 4.74 Å². The molecular formula is C20H16ClN3O. The molecule has 2 aromatic heterocycles. The SMILES string of the molecule is COc1ccccc1-c1ccnc2c(-c3cccc(Cl)c3)c(C)nn12. The fourth-order valence-corrected chi connectivity index (χ4v) is 3.28. The highest BCUT2D eigenvalue weighted by molar-refractivity contribution is 6.30. The minimum absolute atomic E-state index is 0.692. The zero-order valence-electron chi connectivity index (χ0n) is 13.9. The summed E-state index contributed by atoms with van der Waals surface area (Å²) >= 11 is 6.17. The van der Waals surface area contributed by atoms with E-state index in [0.29, 0.717) is 5.02 Å². The van der Waals surface area contributed by atoms with E-state index in [1.54, 1.807) is 13.3 Å². The number of nitrogens with zero attached hydrogens (tertiary/aromatic N) is 3. The summed E-state index contributed by atoms with van der Waals surface area (Å²) in [5.41, 5.74) is 5.58. The van der Waals surface area contributed by atoms with Crippen LogP contribution in [-0.2, 0) is 0 Å². The maximum atomic E-state index is 6.17. The summed E-state index contributed by atoms with van der Waals surface area (Å²) in [6, 6.07) is 17.6. The summed E-state index contributed by atoms with van der Waals surface area (Å²) in [6.45, 7) is 1.98. The summed E-state index contributed by atoms with van der Waals surface area (Å²) in [7, 11) is 1.67. The van der Waals surface area contributed by atoms with Crippen LogP contribution in [0.25, 0.3) is 28.0 Å². The van der Waals surface area contributed by atoms with E-state index in [1.165, 1.54) is 0 Å². The molecular weight excluding hydrogens is 334 g/mol. The van der Waals surface area contributed by atoms with Crippen LogP contribution in [0.1, 0.15) is 5.69 Å². The van der Waals surface area contributed by atoms with Gasteiger partial charge < -0.3 is 4.74 Å². The van der Waals surface area contributed by atoms with Crippen LogP contribution in [0.4, 0.5) is 0 Å². The number of benzene rings is 2. The molecule has 25 heavy (non-hydrogen) atoms. The van der Waals surface area contributed by atoms with Crippen LogP contribution in [0.15, 0.2) is 60.8 Å². The Labute approximate surface area is 150 Å². The zero-order chi connectivity index (χ0) is 17.4. The first-order valence-corrected chi connectivity index (χ1v) is 8.30. The lowest BCUT2D eigenvalue weighted by molar-refractivity contribution is 0.416. The van der Waals surface area contributed by atoms with Crippen molar-refractivity contribution in [1.29, 1.82) is 0 Å². The third-order valence-corrected chi connectivity index (χ3v) is 4.42. The van der Waals surface area contributed by atoms with Crippen LogP contribution in [0.5, 0.6) is 5.75 Å². The lowest BCUT2D eigenvalue weighted by Crippen LogP contribution is -1.97. The number of aromatic nitrogens is 3. The Morgan fingerprint density at radius 3 is 2.68 bits per heavy atom. The van der Waals surface area contributed by atoms with Crippen molar-refractivity contribution in [3.05, 3.63) is 71.5 Å². The predicted octanol–water partition coefficient (Wildman–Crippen LogP) is 5.03. The molecule has 0 amide bonds. The topological polar surface area (TPSA) is 39.4 Å². The highest BCUT2D eigenvalue weighted by Crippen LogP contribution is 2.34. The summed E-state index contributed by atoms with van der Waals surface area (Å²) < 4.78 is 7.37. The zero-order valence-corrected chi connectivity index (χ0v) is 14.7. The molecule has 124 valence electrons. The van der Waals surface area contributed by atoms with Gasteiger partial charge in [-0.05, 0) is 42.8 Å². The van der Waals surface area contributed by atoms with E-state index < -0.39 is 0 Å². The quantitative estimate of drug-likeness (QED) is 0.520. The summed E-state index contributed by atoms with van der Waals surface area (Å²) in [4.78, 5) is 4.57. The average Bonchev–Trinajstić information content (AvgIpc) is 2.97. The highest BCUT2D eigenvalue weighted by Gasteiger charge is 2.17. The van der Waals surface area contributed by atoms with E-state index in [9.17, 15) is 0 Å². The van der Waals surface area contributed by atoms with Gasteiger partial charge in [-0.25, -0.2) is 9.50 Å². The van der Waals surface area contributed by atoms with Gasteiger partial charge in [0, 0.05) is 22.3 Å². The maximum Gasteiger partial charge on any atom is 0.163 e.